The van der Waals surface area contributed by atoms with Crippen LogP contribution in [0.2, 0.25) is 0 Å². The highest BCUT2D eigenvalue weighted by Crippen LogP contribution is 2.27. The van der Waals surface area contributed by atoms with E-state index >= 15 is 0 Å². The normalized spacial score (nSPS) is 13.7. The van der Waals surface area contributed by atoms with Gasteiger partial charge in [0.25, 0.3) is 0 Å². The average molecular weight is 270 g/mol. The maximum Gasteiger partial charge on any atom is 0.101 e. The molecule has 0 atom stereocenters. The zero-order valence-corrected chi connectivity index (χ0v) is 13.6. The molecule has 1 aliphatic rings. The maximum atomic E-state index is 4.68. The topological polar surface area (TPSA) is 15.6 Å². The minimum Gasteiger partial charge on any atom is -0.366 e. The Hall–Kier alpha value is -1.83. The SMILES string of the molecule is CC.CC(=Nc1cc(C2=CCC=C2)ccc1C)N(C)C. The number of hydrogen-bond acceptors (Lipinski definition) is 1. The molecule has 2 nitrogen and oxygen atoms in total. The van der Waals surface area contributed by atoms with E-state index in [-0.39, 0.29) is 0 Å². The number of allylic oxidation sites excluding steroid dienone is 4. The molecule has 0 aliphatic heterocycles. The third-order valence-corrected chi connectivity index (χ3v) is 3.24. The van der Waals surface area contributed by atoms with Crippen molar-refractivity contribution < 1.29 is 0 Å². The Morgan fingerprint density at radius 3 is 2.45 bits per heavy atom. The molecule has 0 saturated carbocycles. The van der Waals surface area contributed by atoms with Crippen molar-refractivity contribution in [1.82, 2.24) is 4.90 Å². The second-order valence-electron chi connectivity index (χ2n) is 4.85. The molecular weight excluding hydrogens is 244 g/mol. The molecule has 1 aromatic rings. The fourth-order valence-electron chi connectivity index (χ4n) is 1.86. The van der Waals surface area contributed by atoms with Gasteiger partial charge in [0.15, 0.2) is 0 Å². The second kappa shape index (κ2) is 7.68. The monoisotopic (exact) mass is 270 g/mol. The summed E-state index contributed by atoms with van der Waals surface area (Å²) in [6, 6.07) is 6.48. The maximum absolute atomic E-state index is 4.68. The van der Waals surface area contributed by atoms with Crippen molar-refractivity contribution in [3.8, 4) is 0 Å². The van der Waals surface area contributed by atoms with Crippen LogP contribution in [0.15, 0.2) is 41.4 Å². The van der Waals surface area contributed by atoms with Crippen LogP contribution < -0.4 is 0 Å². The van der Waals surface area contributed by atoms with Gasteiger partial charge in [-0.15, -0.1) is 0 Å². The van der Waals surface area contributed by atoms with Gasteiger partial charge in [0.05, 0.1) is 5.69 Å². The van der Waals surface area contributed by atoms with Gasteiger partial charge in [-0.2, -0.15) is 0 Å². The van der Waals surface area contributed by atoms with E-state index in [1.807, 2.05) is 39.8 Å². The van der Waals surface area contributed by atoms with Crippen molar-refractivity contribution >= 4 is 17.1 Å². The van der Waals surface area contributed by atoms with Crippen molar-refractivity contribution in [3.05, 3.63) is 47.6 Å². The molecule has 0 amide bonds. The van der Waals surface area contributed by atoms with Crippen LogP contribution in [0.1, 0.15) is 38.3 Å². The molecule has 0 aromatic heterocycles. The van der Waals surface area contributed by atoms with E-state index < -0.39 is 0 Å². The molecule has 0 N–H and O–H groups in total. The smallest absolute Gasteiger partial charge is 0.101 e. The van der Waals surface area contributed by atoms with Crippen LogP contribution in [-0.4, -0.2) is 24.8 Å². The summed E-state index contributed by atoms with van der Waals surface area (Å²) in [7, 11) is 4.03. The lowest BCUT2D eigenvalue weighted by atomic mass is 10.0. The molecule has 0 fully saturated rings. The van der Waals surface area contributed by atoms with Crippen molar-refractivity contribution in [2.45, 2.75) is 34.1 Å². The highest BCUT2D eigenvalue weighted by molar-refractivity contribution is 5.84. The summed E-state index contributed by atoms with van der Waals surface area (Å²) in [6.07, 6.45) is 7.65. The summed E-state index contributed by atoms with van der Waals surface area (Å²) in [6.45, 7) is 8.13. The zero-order chi connectivity index (χ0) is 15.1. The van der Waals surface area contributed by atoms with Crippen LogP contribution >= 0.6 is 0 Å². The van der Waals surface area contributed by atoms with Gasteiger partial charge >= 0.3 is 0 Å². The van der Waals surface area contributed by atoms with Crippen LogP contribution in [0, 0.1) is 6.92 Å². The molecular formula is C18H26N2. The number of aliphatic imine (C=N–C) groups is 1. The molecule has 0 bridgehead atoms. The van der Waals surface area contributed by atoms with Crippen molar-refractivity contribution in [2.75, 3.05) is 14.1 Å². The first kappa shape index (κ1) is 16.2. The molecule has 1 aromatic carbocycles. The molecule has 1 aliphatic carbocycles. The molecule has 2 rings (SSSR count). The number of benzene rings is 1. The number of amidine groups is 1. The molecule has 0 heterocycles. The standard InChI is InChI=1S/C16H20N2.C2H6/c1-12-9-10-15(14-7-5-6-8-14)11-16(12)17-13(2)18(3)4;1-2/h5,7-11H,6H2,1-4H3;1-2H3. The highest BCUT2D eigenvalue weighted by atomic mass is 15.1. The van der Waals surface area contributed by atoms with Gasteiger partial charge in [0.1, 0.15) is 5.84 Å². The third-order valence-electron chi connectivity index (χ3n) is 3.24. The van der Waals surface area contributed by atoms with Crippen LogP contribution in [0.3, 0.4) is 0 Å². The fraction of sp³-hybridized carbons (Fsp3) is 0.389. The highest BCUT2D eigenvalue weighted by Gasteiger charge is 2.05. The first-order valence-electron chi connectivity index (χ1n) is 7.28. The summed E-state index contributed by atoms with van der Waals surface area (Å²) in [5.74, 6) is 1.02. The summed E-state index contributed by atoms with van der Waals surface area (Å²) in [5, 5.41) is 0. The van der Waals surface area contributed by atoms with Crippen LogP contribution in [0.4, 0.5) is 5.69 Å². The van der Waals surface area contributed by atoms with Crippen molar-refractivity contribution in [1.29, 1.82) is 0 Å². The summed E-state index contributed by atoms with van der Waals surface area (Å²) in [5.41, 5.74) is 4.82. The molecule has 0 spiro atoms. The Kier molecular flexibility index (Phi) is 6.23. The Labute approximate surface area is 123 Å². The predicted molar refractivity (Wildman–Crippen MR) is 90.7 cm³/mol. The lowest BCUT2D eigenvalue weighted by Crippen LogP contribution is -2.17. The van der Waals surface area contributed by atoms with Gasteiger partial charge in [-0.3, -0.25) is 0 Å². The van der Waals surface area contributed by atoms with Gasteiger partial charge in [0.2, 0.25) is 0 Å². The molecule has 0 radical (unpaired) electrons. The Bertz CT molecular complexity index is 534. The average Bonchev–Trinajstić information content (AvgIpc) is 2.97. The minimum absolute atomic E-state index is 1.02. The summed E-state index contributed by atoms with van der Waals surface area (Å²) >= 11 is 0. The Balaban J connectivity index is 0.000000956. The van der Waals surface area contributed by atoms with E-state index in [0.29, 0.717) is 0 Å². The van der Waals surface area contributed by atoms with Crippen LogP contribution in [0.25, 0.3) is 5.57 Å². The number of nitrogens with zero attached hydrogens (tertiary/aromatic N) is 2. The van der Waals surface area contributed by atoms with Gasteiger partial charge in [-0.05, 0) is 43.0 Å². The van der Waals surface area contributed by atoms with Gasteiger partial charge in [-0.1, -0.05) is 44.2 Å². The van der Waals surface area contributed by atoms with E-state index in [1.54, 1.807) is 0 Å². The fourth-order valence-corrected chi connectivity index (χ4v) is 1.86. The molecule has 0 unspecified atom stereocenters. The molecule has 108 valence electrons. The Morgan fingerprint density at radius 2 is 1.90 bits per heavy atom. The molecule has 20 heavy (non-hydrogen) atoms. The van der Waals surface area contributed by atoms with Crippen molar-refractivity contribution in [2.24, 2.45) is 4.99 Å². The number of hydrogen-bond donors (Lipinski definition) is 0. The molecule has 2 heteroatoms. The Morgan fingerprint density at radius 1 is 1.20 bits per heavy atom. The van der Waals surface area contributed by atoms with Gasteiger partial charge in [0, 0.05) is 14.1 Å². The largest absolute Gasteiger partial charge is 0.366 e. The summed E-state index contributed by atoms with van der Waals surface area (Å²) < 4.78 is 0. The van der Waals surface area contributed by atoms with Gasteiger partial charge in [-0.25, -0.2) is 4.99 Å². The lowest BCUT2D eigenvalue weighted by molar-refractivity contribution is 0.619. The summed E-state index contributed by atoms with van der Waals surface area (Å²) in [4.78, 5) is 6.71. The first-order chi connectivity index (χ1) is 9.58. The van der Waals surface area contributed by atoms with Crippen LogP contribution in [-0.2, 0) is 0 Å². The second-order valence-corrected chi connectivity index (χ2v) is 4.85. The first-order valence-corrected chi connectivity index (χ1v) is 7.28. The zero-order valence-electron chi connectivity index (χ0n) is 13.6. The lowest BCUT2D eigenvalue weighted by Gasteiger charge is -2.12. The van der Waals surface area contributed by atoms with E-state index in [9.17, 15) is 0 Å². The van der Waals surface area contributed by atoms with E-state index in [0.717, 1.165) is 17.9 Å². The number of aryl methyl sites for hydroxylation is 1. The van der Waals surface area contributed by atoms with Crippen molar-refractivity contribution in [3.63, 3.8) is 0 Å². The van der Waals surface area contributed by atoms with E-state index in [4.69, 9.17) is 0 Å². The predicted octanol–water partition coefficient (Wildman–Crippen LogP) is 4.98. The van der Waals surface area contributed by atoms with Crippen LogP contribution in [0.5, 0.6) is 0 Å². The third kappa shape index (κ3) is 4.09. The van der Waals surface area contributed by atoms with Gasteiger partial charge < -0.3 is 4.90 Å². The van der Waals surface area contributed by atoms with E-state index in [2.05, 4.69) is 48.3 Å². The minimum atomic E-state index is 1.02. The van der Waals surface area contributed by atoms with E-state index in [1.165, 1.54) is 16.7 Å². The molecule has 0 saturated heterocycles. The number of rotatable bonds is 2. The quantitative estimate of drug-likeness (QED) is 0.547.